The van der Waals surface area contributed by atoms with Crippen LogP contribution >= 0.6 is 11.8 Å². The normalized spacial score (nSPS) is 17.0. The summed E-state index contributed by atoms with van der Waals surface area (Å²) in [5.41, 5.74) is 3.04. The van der Waals surface area contributed by atoms with Crippen LogP contribution in [0.5, 0.6) is 0 Å². The third-order valence-corrected chi connectivity index (χ3v) is 8.14. The number of nitrogens with zero attached hydrogens (tertiary/aromatic N) is 2. The number of carbonyl (C=O) groups is 2. The number of hydrogen-bond donors (Lipinski definition) is 1. The van der Waals surface area contributed by atoms with Gasteiger partial charge in [-0.25, -0.2) is 0 Å². The summed E-state index contributed by atoms with van der Waals surface area (Å²) in [6.07, 6.45) is 8.50. The van der Waals surface area contributed by atoms with E-state index in [1.54, 1.807) is 0 Å². The van der Waals surface area contributed by atoms with E-state index in [4.69, 9.17) is 0 Å². The summed E-state index contributed by atoms with van der Waals surface area (Å²) in [4.78, 5) is 30.9. The number of hydrogen-bond acceptors (Lipinski definition) is 4. The molecule has 2 amide bonds. The SMILES string of the molecule is CN(C(=O)CSc1ccccc1C(=O)NCc1ccc(CN2CCCC2)cc1)C1CCCCC1. The van der Waals surface area contributed by atoms with E-state index >= 15 is 0 Å². The summed E-state index contributed by atoms with van der Waals surface area (Å²) >= 11 is 1.46. The van der Waals surface area contributed by atoms with E-state index in [2.05, 4.69) is 34.5 Å². The summed E-state index contributed by atoms with van der Waals surface area (Å²) in [5, 5.41) is 3.05. The highest BCUT2D eigenvalue weighted by atomic mass is 32.2. The molecule has 1 saturated heterocycles. The van der Waals surface area contributed by atoms with Crippen LogP contribution in [0.2, 0.25) is 0 Å². The van der Waals surface area contributed by atoms with E-state index in [1.807, 2.05) is 36.2 Å². The van der Waals surface area contributed by atoms with Crippen molar-refractivity contribution in [3.63, 3.8) is 0 Å². The molecule has 0 spiro atoms. The maximum atomic E-state index is 12.9. The van der Waals surface area contributed by atoms with E-state index in [0.717, 1.165) is 29.8 Å². The monoisotopic (exact) mass is 479 g/mol. The van der Waals surface area contributed by atoms with E-state index in [-0.39, 0.29) is 11.8 Å². The fourth-order valence-electron chi connectivity index (χ4n) is 4.93. The third-order valence-electron chi connectivity index (χ3n) is 7.08. The van der Waals surface area contributed by atoms with Gasteiger partial charge in [0.15, 0.2) is 0 Å². The molecule has 5 nitrogen and oxygen atoms in total. The molecule has 2 aromatic carbocycles. The largest absolute Gasteiger partial charge is 0.348 e. The lowest BCUT2D eigenvalue weighted by atomic mass is 9.94. The minimum Gasteiger partial charge on any atom is -0.348 e. The Morgan fingerprint density at radius 3 is 2.35 bits per heavy atom. The van der Waals surface area contributed by atoms with Crippen LogP contribution in [0.25, 0.3) is 0 Å². The Morgan fingerprint density at radius 1 is 0.941 bits per heavy atom. The number of amides is 2. The summed E-state index contributed by atoms with van der Waals surface area (Å²) in [7, 11) is 1.92. The van der Waals surface area contributed by atoms with Crippen LogP contribution in [0.1, 0.15) is 66.4 Å². The van der Waals surface area contributed by atoms with Gasteiger partial charge in [0.1, 0.15) is 0 Å². The fourth-order valence-corrected chi connectivity index (χ4v) is 5.91. The lowest BCUT2D eigenvalue weighted by Gasteiger charge is -2.31. The van der Waals surface area contributed by atoms with Crippen LogP contribution in [0.3, 0.4) is 0 Å². The smallest absolute Gasteiger partial charge is 0.252 e. The zero-order valence-corrected chi connectivity index (χ0v) is 21.1. The lowest BCUT2D eigenvalue weighted by Crippen LogP contribution is -2.39. The Morgan fingerprint density at radius 2 is 1.62 bits per heavy atom. The first kappa shape index (κ1) is 24.8. The van der Waals surface area contributed by atoms with Gasteiger partial charge < -0.3 is 10.2 Å². The number of carbonyl (C=O) groups excluding carboxylic acids is 2. The maximum Gasteiger partial charge on any atom is 0.252 e. The molecule has 2 aliphatic rings. The van der Waals surface area contributed by atoms with E-state index in [0.29, 0.717) is 23.9 Å². The zero-order chi connectivity index (χ0) is 23.8. The molecule has 1 saturated carbocycles. The molecule has 0 atom stereocenters. The molecule has 0 bridgehead atoms. The van der Waals surface area contributed by atoms with Crippen molar-refractivity contribution in [2.75, 3.05) is 25.9 Å². The summed E-state index contributed by atoms with van der Waals surface area (Å²) < 4.78 is 0. The van der Waals surface area contributed by atoms with Crippen molar-refractivity contribution in [1.29, 1.82) is 0 Å². The van der Waals surface area contributed by atoms with Gasteiger partial charge in [0, 0.05) is 31.1 Å². The molecule has 4 rings (SSSR count). The van der Waals surface area contributed by atoms with Gasteiger partial charge in [-0.3, -0.25) is 14.5 Å². The average molecular weight is 480 g/mol. The molecule has 0 aromatic heterocycles. The maximum absolute atomic E-state index is 12.9. The van der Waals surface area contributed by atoms with Crippen LogP contribution in [0, 0.1) is 0 Å². The first-order valence-electron chi connectivity index (χ1n) is 12.7. The van der Waals surface area contributed by atoms with Crippen LogP contribution in [0.15, 0.2) is 53.4 Å². The van der Waals surface area contributed by atoms with Crippen molar-refractivity contribution < 1.29 is 9.59 Å². The molecule has 2 aromatic rings. The van der Waals surface area contributed by atoms with Crippen LogP contribution < -0.4 is 5.32 Å². The predicted octanol–water partition coefficient (Wildman–Crippen LogP) is 5.10. The Labute approximate surface area is 208 Å². The second kappa shape index (κ2) is 12.4. The van der Waals surface area contributed by atoms with Crippen molar-refractivity contribution in [2.24, 2.45) is 0 Å². The Hall–Kier alpha value is -2.31. The molecule has 1 heterocycles. The molecule has 2 fully saturated rings. The second-order valence-electron chi connectivity index (χ2n) is 9.56. The predicted molar refractivity (Wildman–Crippen MR) is 139 cm³/mol. The number of thioether (sulfide) groups is 1. The molecule has 1 aliphatic heterocycles. The molecule has 0 unspecified atom stereocenters. The van der Waals surface area contributed by atoms with Gasteiger partial charge in [0.05, 0.1) is 11.3 Å². The first-order valence-corrected chi connectivity index (χ1v) is 13.6. The average Bonchev–Trinajstić information content (AvgIpc) is 3.40. The standard InChI is InChI=1S/C28H37N3O2S/c1-30(24-9-3-2-4-10-24)27(32)21-34-26-12-6-5-11-25(26)28(33)29-19-22-13-15-23(16-14-22)20-31-17-7-8-18-31/h5-6,11-16,24H,2-4,7-10,17-21H2,1H3,(H,29,33). The molecule has 34 heavy (non-hydrogen) atoms. The molecule has 6 heteroatoms. The molecular formula is C28H37N3O2S. The molecular weight excluding hydrogens is 442 g/mol. The topological polar surface area (TPSA) is 52.7 Å². The van der Waals surface area contributed by atoms with Gasteiger partial charge in [-0.05, 0) is 62.0 Å². The fraction of sp³-hybridized carbons (Fsp3) is 0.500. The zero-order valence-electron chi connectivity index (χ0n) is 20.3. The van der Waals surface area contributed by atoms with Crippen molar-refractivity contribution in [3.8, 4) is 0 Å². The Bertz CT molecular complexity index is 950. The summed E-state index contributed by atoms with van der Waals surface area (Å²) in [5.74, 6) is 0.397. The molecule has 1 N–H and O–H groups in total. The third kappa shape index (κ3) is 6.86. The molecule has 1 aliphatic carbocycles. The second-order valence-corrected chi connectivity index (χ2v) is 10.6. The quantitative estimate of drug-likeness (QED) is 0.509. The number of rotatable bonds is 9. The summed E-state index contributed by atoms with van der Waals surface area (Å²) in [6, 6.07) is 16.5. The van der Waals surface area contributed by atoms with E-state index in [9.17, 15) is 9.59 Å². The Balaban J connectivity index is 1.28. The highest BCUT2D eigenvalue weighted by Crippen LogP contribution is 2.26. The van der Waals surface area contributed by atoms with Gasteiger partial charge in [-0.1, -0.05) is 55.7 Å². The van der Waals surface area contributed by atoms with Crippen LogP contribution in [0.4, 0.5) is 0 Å². The number of likely N-dealkylation sites (tertiary alicyclic amines) is 1. The van der Waals surface area contributed by atoms with Gasteiger partial charge in [-0.2, -0.15) is 0 Å². The van der Waals surface area contributed by atoms with Crippen molar-refractivity contribution in [2.45, 2.75) is 69.0 Å². The van der Waals surface area contributed by atoms with Crippen LogP contribution in [-0.4, -0.2) is 53.5 Å². The van der Waals surface area contributed by atoms with Gasteiger partial charge in [0.25, 0.3) is 5.91 Å². The molecule has 0 radical (unpaired) electrons. The highest BCUT2D eigenvalue weighted by molar-refractivity contribution is 8.00. The minimum absolute atomic E-state index is 0.0997. The minimum atomic E-state index is -0.0997. The van der Waals surface area contributed by atoms with E-state index in [1.165, 1.54) is 62.5 Å². The number of nitrogens with one attached hydrogen (secondary N) is 1. The lowest BCUT2D eigenvalue weighted by molar-refractivity contribution is -0.129. The van der Waals surface area contributed by atoms with Crippen molar-refractivity contribution >= 4 is 23.6 Å². The number of benzene rings is 2. The van der Waals surface area contributed by atoms with Crippen LogP contribution in [-0.2, 0) is 17.9 Å². The summed E-state index contributed by atoms with van der Waals surface area (Å²) in [6.45, 7) is 3.88. The van der Waals surface area contributed by atoms with Gasteiger partial charge in [0.2, 0.25) is 5.91 Å². The molecule has 182 valence electrons. The Kier molecular flexibility index (Phi) is 9.05. The van der Waals surface area contributed by atoms with E-state index < -0.39 is 0 Å². The van der Waals surface area contributed by atoms with Crippen molar-refractivity contribution in [1.82, 2.24) is 15.1 Å². The van der Waals surface area contributed by atoms with Crippen molar-refractivity contribution in [3.05, 3.63) is 65.2 Å². The highest BCUT2D eigenvalue weighted by Gasteiger charge is 2.22. The first-order chi connectivity index (χ1) is 16.6. The van der Waals surface area contributed by atoms with Gasteiger partial charge >= 0.3 is 0 Å². The van der Waals surface area contributed by atoms with Gasteiger partial charge in [-0.15, -0.1) is 11.8 Å².